The minimum absolute atomic E-state index is 0.618. The van der Waals surface area contributed by atoms with Gasteiger partial charge in [0.05, 0.1) is 0 Å². The Morgan fingerprint density at radius 1 is 1.47 bits per heavy atom. The molecule has 1 rings (SSSR count). The van der Waals surface area contributed by atoms with E-state index >= 15 is 0 Å². The van der Waals surface area contributed by atoms with Crippen molar-refractivity contribution in [1.82, 2.24) is 4.90 Å². The van der Waals surface area contributed by atoms with E-state index in [2.05, 4.69) is 22.0 Å². The van der Waals surface area contributed by atoms with E-state index in [0.717, 1.165) is 15.6 Å². The molecule has 0 spiro atoms. The number of hydrogen-bond acceptors (Lipinski definition) is 2. The maximum absolute atomic E-state index is 11.1. The smallest absolute Gasteiger partial charge is 0.323 e. The summed E-state index contributed by atoms with van der Waals surface area (Å²) in [6.07, 6.45) is 0. The Hall–Kier alpha value is -0.870. The Kier molecular flexibility index (Phi) is 4.33. The Morgan fingerprint density at radius 2 is 2.06 bits per heavy atom. The fourth-order valence-corrected chi connectivity index (χ4v) is 1.69. The molecule has 0 saturated carbocycles. The van der Waals surface area contributed by atoms with E-state index in [4.69, 9.17) is 5.11 Å². The van der Waals surface area contributed by atoms with Crippen molar-refractivity contribution in [2.24, 2.45) is 0 Å². The minimum Gasteiger partial charge on any atom is -0.480 e. The van der Waals surface area contributed by atoms with Crippen LogP contribution in [0.2, 0.25) is 0 Å². The molecule has 0 aliphatic rings. The van der Waals surface area contributed by atoms with Crippen LogP contribution >= 0.6 is 15.9 Å². The molecule has 0 heterocycles. The summed E-state index contributed by atoms with van der Waals surface area (Å²) in [6, 6.07) is 6.07. The third-order valence-corrected chi connectivity index (χ3v) is 4.01. The molecule has 94 valence electrons. The normalized spacial score (nSPS) is 11.9. The second kappa shape index (κ2) is 5.19. The molecular formula is C13H18BrNO2. The van der Waals surface area contributed by atoms with E-state index in [1.54, 1.807) is 13.8 Å². The van der Waals surface area contributed by atoms with E-state index < -0.39 is 11.5 Å². The second-order valence-electron chi connectivity index (χ2n) is 4.80. The average Bonchev–Trinajstić information content (AvgIpc) is 2.23. The lowest BCUT2D eigenvalue weighted by atomic mass is 10.0. The molecule has 0 aliphatic carbocycles. The first-order chi connectivity index (χ1) is 7.75. The van der Waals surface area contributed by atoms with Crippen LogP contribution in [-0.4, -0.2) is 28.6 Å². The molecule has 4 heteroatoms. The third-order valence-electron chi connectivity index (χ3n) is 3.12. The molecule has 1 aromatic carbocycles. The first-order valence-electron chi connectivity index (χ1n) is 5.45. The van der Waals surface area contributed by atoms with Crippen LogP contribution in [-0.2, 0) is 11.3 Å². The molecule has 0 aromatic heterocycles. The van der Waals surface area contributed by atoms with Crippen LogP contribution in [0.3, 0.4) is 0 Å². The quantitative estimate of drug-likeness (QED) is 0.929. The van der Waals surface area contributed by atoms with Gasteiger partial charge in [-0.2, -0.15) is 0 Å². The summed E-state index contributed by atoms with van der Waals surface area (Å²) < 4.78 is 1.07. The molecule has 0 radical (unpaired) electrons. The molecule has 0 saturated heterocycles. The van der Waals surface area contributed by atoms with Crippen molar-refractivity contribution in [3.05, 3.63) is 33.8 Å². The minimum atomic E-state index is -0.860. The second-order valence-corrected chi connectivity index (χ2v) is 5.66. The van der Waals surface area contributed by atoms with Crippen molar-refractivity contribution in [1.29, 1.82) is 0 Å². The summed E-state index contributed by atoms with van der Waals surface area (Å²) in [7, 11) is 1.82. The number of carboxylic acid groups (broad SMARTS) is 1. The van der Waals surface area contributed by atoms with Gasteiger partial charge in [-0.25, -0.2) is 0 Å². The zero-order valence-electron chi connectivity index (χ0n) is 10.6. The topological polar surface area (TPSA) is 40.5 Å². The van der Waals surface area contributed by atoms with Gasteiger partial charge in [0.2, 0.25) is 0 Å². The van der Waals surface area contributed by atoms with Crippen molar-refractivity contribution in [3.8, 4) is 0 Å². The number of hydrogen-bond donors (Lipinski definition) is 1. The van der Waals surface area contributed by atoms with Gasteiger partial charge < -0.3 is 5.11 Å². The summed E-state index contributed by atoms with van der Waals surface area (Å²) in [5.74, 6) is -0.811. The van der Waals surface area contributed by atoms with E-state index in [1.807, 2.05) is 31.0 Å². The Morgan fingerprint density at radius 3 is 2.53 bits per heavy atom. The summed E-state index contributed by atoms with van der Waals surface area (Å²) in [5, 5.41) is 9.14. The van der Waals surface area contributed by atoms with Gasteiger partial charge >= 0.3 is 5.97 Å². The summed E-state index contributed by atoms with van der Waals surface area (Å²) in [6.45, 7) is 6.06. The summed E-state index contributed by atoms with van der Waals surface area (Å²) in [4.78, 5) is 13.0. The van der Waals surface area contributed by atoms with Gasteiger partial charge in [0, 0.05) is 11.0 Å². The van der Waals surface area contributed by atoms with Crippen molar-refractivity contribution in [2.75, 3.05) is 7.05 Å². The van der Waals surface area contributed by atoms with E-state index in [9.17, 15) is 4.79 Å². The van der Waals surface area contributed by atoms with Gasteiger partial charge in [0.1, 0.15) is 5.54 Å². The largest absolute Gasteiger partial charge is 0.480 e. The fraction of sp³-hybridized carbons (Fsp3) is 0.462. The van der Waals surface area contributed by atoms with Crippen LogP contribution in [0, 0.1) is 6.92 Å². The predicted molar refractivity (Wildman–Crippen MR) is 72.1 cm³/mol. The van der Waals surface area contributed by atoms with Crippen LogP contribution < -0.4 is 0 Å². The molecule has 0 bridgehead atoms. The van der Waals surface area contributed by atoms with Crippen LogP contribution in [0.15, 0.2) is 22.7 Å². The number of rotatable bonds is 4. The lowest BCUT2D eigenvalue weighted by molar-refractivity contribution is -0.148. The number of halogens is 1. The lowest BCUT2D eigenvalue weighted by Crippen LogP contribution is -2.47. The molecule has 3 nitrogen and oxygen atoms in total. The van der Waals surface area contributed by atoms with Gasteiger partial charge in [0.25, 0.3) is 0 Å². The van der Waals surface area contributed by atoms with Crippen LogP contribution in [0.5, 0.6) is 0 Å². The van der Waals surface area contributed by atoms with Gasteiger partial charge in [0.15, 0.2) is 0 Å². The highest BCUT2D eigenvalue weighted by atomic mass is 79.9. The number of carbonyl (C=O) groups is 1. The number of benzene rings is 1. The Labute approximate surface area is 111 Å². The lowest BCUT2D eigenvalue weighted by Gasteiger charge is -2.31. The average molecular weight is 300 g/mol. The third kappa shape index (κ3) is 3.30. The molecule has 0 atom stereocenters. The molecule has 0 aliphatic heterocycles. The Bertz CT molecular complexity index is 429. The van der Waals surface area contributed by atoms with Crippen molar-refractivity contribution in [2.45, 2.75) is 32.9 Å². The predicted octanol–water partition coefficient (Wildman–Crippen LogP) is 3.05. The highest BCUT2D eigenvalue weighted by Gasteiger charge is 2.31. The van der Waals surface area contributed by atoms with Crippen LogP contribution in [0.25, 0.3) is 0 Å². The molecular weight excluding hydrogens is 282 g/mol. The highest BCUT2D eigenvalue weighted by Crippen LogP contribution is 2.20. The summed E-state index contributed by atoms with van der Waals surface area (Å²) in [5.41, 5.74) is 1.41. The van der Waals surface area contributed by atoms with Crippen molar-refractivity contribution < 1.29 is 9.90 Å². The van der Waals surface area contributed by atoms with Gasteiger partial charge in [-0.3, -0.25) is 9.69 Å². The number of aryl methyl sites for hydroxylation is 1. The van der Waals surface area contributed by atoms with Gasteiger partial charge in [-0.15, -0.1) is 0 Å². The zero-order valence-corrected chi connectivity index (χ0v) is 12.2. The first kappa shape index (κ1) is 14.2. The SMILES string of the molecule is Cc1cc(CN(C)C(C)(C)C(=O)O)ccc1Br. The number of aliphatic carboxylic acids is 1. The number of nitrogens with zero attached hydrogens (tertiary/aromatic N) is 1. The van der Waals surface area contributed by atoms with E-state index in [1.165, 1.54) is 0 Å². The molecule has 1 N–H and O–H groups in total. The standard InChI is InChI=1S/C13H18BrNO2/c1-9-7-10(5-6-11(9)14)8-15(4)13(2,3)12(16)17/h5-7H,8H2,1-4H3,(H,16,17). The summed E-state index contributed by atoms with van der Waals surface area (Å²) >= 11 is 3.45. The zero-order chi connectivity index (χ0) is 13.2. The first-order valence-corrected chi connectivity index (χ1v) is 6.24. The van der Waals surface area contributed by atoms with Crippen molar-refractivity contribution >= 4 is 21.9 Å². The maximum atomic E-state index is 11.1. The monoisotopic (exact) mass is 299 g/mol. The highest BCUT2D eigenvalue weighted by molar-refractivity contribution is 9.10. The van der Waals surface area contributed by atoms with Crippen molar-refractivity contribution in [3.63, 3.8) is 0 Å². The van der Waals surface area contributed by atoms with E-state index in [-0.39, 0.29) is 0 Å². The van der Waals surface area contributed by atoms with Gasteiger partial charge in [-0.1, -0.05) is 28.1 Å². The van der Waals surface area contributed by atoms with Crippen LogP contribution in [0.4, 0.5) is 0 Å². The fourth-order valence-electron chi connectivity index (χ4n) is 1.44. The maximum Gasteiger partial charge on any atom is 0.323 e. The Balaban J connectivity index is 2.84. The number of likely N-dealkylation sites (N-methyl/N-ethyl adjacent to an activating group) is 1. The van der Waals surface area contributed by atoms with Crippen LogP contribution in [0.1, 0.15) is 25.0 Å². The molecule has 0 unspecified atom stereocenters. The molecule has 17 heavy (non-hydrogen) atoms. The van der Waals surface area contributed by atoms with Gasteiger partial charge in [-0.05, 0) is 45.0 Å². The van der Waals surface area contributed by atoms with E-state index in [0.29, 0.717) is 6.54 Å². The molecule has 1 aromatic rings. The molecule has 0 amide bonds. The molecule has 0 fully saturated rings. The number of carboxylic acids is 1.